The predicted molar refractivity (Wildman–Crippen MR) is 103 cm³/mol. The first-order valence-electron chi connectivity index (χ1n) is 8.35. The summed E-state index contributed by atoms with van der Waals surface area (Å²) in [5, 5.41) is 10.1. The Labute approximate surface area is 151 Å². The average Bonchev–Trinajstić information content (AvgIpc) is 2.62. The lowest BCUT2D eigenvalue weighted by Crippen LogP contribution is -2.34. The highest BCUT2D eigenvalue weighted by molar-refractivity contribution is 6.13. The molecule has 3 N–H and O–H groups in total. The molecule has 0 radical (unpaired) electrons. The van der Waals surface area contributed by atoms with Gasteiger partial charge < -0.3 is 16.0 Å². The summed E-state index contributed by atoms with van der Waals surface area (Å²) in [7, 11) is 0. The largest absolute Gasteiger partial charge is 0.336 e. The molecule has 2 aromatic carbocycles. The number of para-hydroxylation sites is 2. The van der Waals surface area contributed by atoms with E-state index in [4.69, 9.17) is 0 Å². The molecule has 3 aromatic rings. The number of urea groups is 1. The molecule has 0 bridgehead atoms. The van der Waals surface area contributed by atoms with Gasteiger partial charge in [0.15, 0.2) is 0 Å². The maximum atomic E-state index is 12.8. The van der Waals surface area contributed by atoms with Crippen molar-refractivity contribution in [3.05, 3.63) is 66.5 Å². The fraction of sp³-hybridized carbons (Fsp3) is 0.150. The van der Waals surface area contributed by atoms with Crippen LogP contribution < -0.4 is 16.0 Å². The zero-order valence-electron chi connectivity index (χ0n) is 14.6. The summed E-state index contributed by atoms with van der Waals surface area (Å²) in [5.74, 6) is -0.284. The molecule has 0 fully saturated rings. The van der Waals surface area contributed by atoms with Crippen LogP contribution in [0, 0.1) is 0 Å². The number of benzene rings is 2. The van der Waals surface area contributed by atoms with E-state index in [0.29, 0.717) is 16.9 Å². The van der Waals surface area contributed by atoms with E-state index in [9.17, 15) is 9.59 Å². The topological polar surface area (TPSA) is 83.1 Å². The average molecular weight is 348 g/mol. The number of nitrogens with zero attached hydrogens (tertiary/aromatic N) is 1. The normalized spacial score (nSPS) is 10.6. The van der Waals surface area contributed by atoms with Crippen molar-refractivity contribution in [2.24, 2.45) is 0 Å². The van der Waals surface area contributed by atoms with Gasteiger partial charge in [0.25, 0.3) is 5.91 Å². The summed E-state index contributed by atoms with van der Waals surface area (Å²) in [6, 6.07) is 14.3. The molecule has 0 aliphatic carbocycles. The molecule has 6 nitrogen and oxygen atoms in total. The first-order chi connectivity index (χ1) is 12.5. The van der Waals surface area contributed by atoms with Crippen LogP contribution in [0.5, 0.6) is 0 Å². The van der Waals surface area contributed by atoms with Crippen LogP contribution in [0.2, 0.25) is 0 Å². The number of rotatable bonds is 4. The van der Waals surface area contributed by atoms with E-state index >= 15 is 0 Å². The first kappa shape index (κ1) is 17.4. The molecule has 0 aliphatic rings. The Morgan fingerprint density at radius 2 is 1.54 bits per heavy atom. The molecule has 6 heteroatoms. The van der Waals surface area contributed by atoms with Crippen LogP contribution in [0.15, 0.2) is 60.9 Å². The lowest BCUT2D eigenvalue weighted by Gasteiger charge is -2.14. The maximum absolute atomic E-state index is 12.8. The minimum absolute atomic E-state index is 0.0125. The number of pyridine rings is 1. The van der Waals surface area contributed by atoms with Crippen molar-refractivity contribution in [1.29, 1.82) is 0 Å². The molecule has 0 saturated heterocycles. The van der Waals surface area contributed by atoms with E-state index in [-0.39, 0.29) is 18.0 Å². The minimum Gasteiger partial charge on any atom is -0.336 e. The van der Waals surface area contributed by atoms with E-state index < -0.39 is 0 Å². The van der Waals surface area contributed by atoms with Gasteiger partial charge in [0, 0.05) is 23.8 Å². The Morgan fingerprint density at radius 3 is 2.27 bits per heavy atom. The van der Waals surface area contributed by atoms with E-state index in [2.05, 4.69) is 20.9 Å². The Kier molecular flexibility index (Phi) is 5.12. The van der Waals surface area contributed by atoms with Gasteiger partial charge in [-0.05, 0) is 31.4 Å². The predicted octanol–water partition coefficient (Wildman–Crippen LogP) is 4.02. The highest BCUT2D eigenvalue weighted by atomic mass is 16.2. The number of carbonyl (C=O) groups excluding carboxylic acids is 2. The van der Waals surface area contributed by atoms with Crippen molar-refractivity contribution in [2.75, 3.05) is 10.6 Å². The van der Waals surface area contributed by atoms with Crippen LogP contribution in [0.1, 0.15) is 24.2 Å². The van der Waals surface area contributed by atoms with Gasteiger partial charge in [-0.2, -0.15) is 0 Å². The van der Waals surface area contributed by atoms with Crippen molar-refractivity contribution in [3.8, 4) is 0 Å². The summed E-state index contributed by atoms with van der Waals surface area (Å²) in [5.41, 5.74) is 1.51. The van der Waals surface area contributed by atoms with Gasteiger partial charge >= 0.3 is 6.03 Å². The number of amides is 3. The minimum atomic E-state index is -0.325. The quantitative estimate of drug-likeness (QED) is 0.666. The number of nitrogens with one attached hydrogen (secondary N) is 3. The van der Waals surface area contributed by atoms with Crippen molar-refractivity contribution >= 4 is 34.1 Å². The summed E-state index contributed by atoms with van der Waals surface area (Å²) >= 11 is 0. The van der Waals surface area contributed by atoms with Crippen molar-refractivity contribution in [1.82, 2.24) is 10.3 Å². The van der Waals surface area contributed by atoms with Gasteiger partial charge in [-0.25, -0.2) is 4.79 Å². The number of anilines is 2. The molecule has 3 rings (SSSR count). The lowest BCUT2D eigenvalue weighted by atomic mass is 10.1. The first-order valence-corrected chi connectivity index (χ1v) is 8.35. The molecule has 1 aromatic heterocycles. The molecule has 0 aliphatic heterocycles. The molecular weight excluding hydrogens is 328 g/mol. The van der Waals surface area contributed by atoms with Gasteiger partial charge in [0.2, 0.25) is 0 Å². The fourth-order valence-electron chi connectivity index (χ4n) is 2.61. The van der Waals surface area contributed by atoms with Gasteiger partial charge in [-0.15, -0.1) is 0 Å². The third-order valence-electron chi connectivity index (χ3n) is 3.76. The van der Waals surface area contributed by atoms with Crippen LogP contribution in [0.4, 0.5) is 16.2 Å². The van der Waals surface area contributed by atoms with E-state index in [1.165, 1.54) is 0 Å². The van der Waals surface area contributed by atoms with Crippen molar-refractivity contribution in [2.45, 2.75) is 19.9 Å². The maximum Gasteiger partial charge on any atom is 0.319 e. The number of aromatic nitrogens is 1. The van der Waals surface area contributed by atoms with Crippen LogP contribution in [-0.4, -0.2) is 23.0 Å². The second-order valence-electron chi connectivity index (χ2n) is 6.16. The third kappa shape index (κ3) is 3.97. The second-order valence-corrected chi connectivity index (χ2v) is 6.16. The fourth-order valence-corrected chi connectivity index (χ4v) is 2.61. The summed E-state index contributed by atoms with van der Waals surface area (Å²) in [4.78, 5) is 28.9. The summed E-state index contributed by atoms with van der Waals surface area (Å²) in [6.45, 7) is 3.75. The van der Waals surface area contributed by atoms with Crippen molar-refractivity contribution < 1.29 is 9.59 Å². The molecule has 0 saturated carbocycles. The van der Waals surface area contributed by atoms with Crippen LogP contribution in [0.25, 0.3) is 10.8 Å². The smallest absolute Gasteiger partial charge is 0.319 e. The van der Waals surface area contributed by atoms with E-state index in [1.807, 2.05) is 38.1 Å². The van der Waals surface area contributed by atoms with Gasteiger partial charge in [-0.1, -0.05) is 36.4 Å². The Morgan fingerprint density at radius 1 is 0.885 bits per heavy atom. The molecule has 0 atom stereocenters. The highest BCUT2D eigenvalue weighted by Gasteiger charge is 2.13. The number of fused-ring (bicyclic) bond motifs is 1. The van der Waals surface area contributed by atoms with E-state index in [1.54, 1.807) is 36.7 Å². The molecule has 132 valence electrons. The molecule has 3 amide bonds. The SMILES string of the molecule is CC(C)NC(=O)Nc1ccccc1NC(=O)c1cncc2ccccc12. The van der Waals surface area contributed by atoms with Gasteiger partial charge in [0.1, 0.15) is 0 Å². The van der Waals surface area contributed by atoms with Gasteiger partial charge in [-0.3, -0.25) is 9.78 Å². The van der Waals surface area contributed by atoms with Crippen molar-refractivity contribution in [3.63, 3.8) is 0 Å². The highest BCUT2D eigenvalue weighted by Crippen LogP contribution is 2.23. The van der Waals surface area contributed by atoms with Crippen LogP contribution >= 0.6 is 0 Å². The second kappa shape index (κ2) is 7.65. The van der Waals surface area contributed by atoms with Crippen LogP contribution in [0.3, 0.4) is 0 Å². The number of hydrogen-bond donors (Lipinski definition) is 3. The zero-order valence-corrected chi connectivity index (χ0v) is 14.6. The van der Waals surface area contributed by atoms with Crippen LogP contribution in [-0.2, 0) is 0 Å². The Balaban J connectivity index is 1.85. The summed E-state index contributed by atoms with van der Waals surface area (Å²) < 4.78 is 0. The zero-order chi connectivity index (χ0) is 18.5. The summed E-state index contributed by atoms with van der Waals surface area (Å²) in [6.07, 6.45) is 3.26. The Hall–Kier alpha value is -3.41. The number of carbonyl (C=O) groups is 2. The monoisotopic (exact) mass is 348 g/mol. The van der Waals surface area contributed by atoms with Gasteiger partial charge in [0.05, 0.1) is 16.9 Å². The lowest BCUT2D eigenvalue weighted by molar-refractivity contribution is 0.102. The standard InChI is InChI=1S/C20H20N4O2/c1-13(2)22-20(26)24-18-10-6-5-9-17(18)23-19(25)16-12-21-11-14-7-3-4-8-15(14)16/h3-13H,1-2H3,(H,23,25)(H2,22,24,26). The molecule has 0 unspecified atom stereocenters. The van der Waals surface area contributed by atoms with E-state index in [0.717, 1.165) is 10.8 Å². The molecule has 26 heavy (non-hydrogen) atoms. The molecule has 1 heterocycles. The molecular formula is C20H20N4O2. The Bertz CT molecular complexity index is 948. The third-order valence-corrected chi connectivity index (χ3v) is 3.76. The molecule has 0 spiro atoms. The number of hydrogen-bond acceptors (Lipinski definition) is 3.